The molecule has 0 spiro atoms. The molecule has 0 unspecified atom stereocenters. The van der Waals surface area contributed by atoms with Gasteiger partial charge in [-0.15, -0.1) is 0 Å². The van der Waals surface area contributed by atoms with Crippen LogP contribution in [0.3, 0.4) is 0 Å². The van der Waals surface area contributed by atoms with Gasteiger partial charge in [0.25, 0.3) is 0 Å². The average Bonchev–Trinajstić information content (AvgIpc) is 2.64. The lowest BCUT2D eigenvalue weighted by Gasteiger charge is -2.11. The number of nitrogens with zero attached hydrogens (tertiary/aromatic N) is 1. The molecular formula is C20H20FN4O. The van der Waals surface area contributed by atoms with Gasteiger partial charge in [0, 0.05) is 30.5 Å². The zero-order chi connectivity index (χ0) is 18.5. The van der Waals surface area contributed by atoms with Gasteiger partial charge in [-0.3, -0.25) is 0 Å². The summed E-state index contributed by atoms with van der Waals surface area (Å²) in [6.07, 6.45) is 0. The van der Waals surface area contributed by atoms with Gasteiger partial charge in [-0.1, -0.05) is 18.2 Å². The average molecular weight is 351 g/mol. The summed E-state index contributed by atoms with van der Waals surface area (Å²) in [5.74, 6) is 0.0557. The molecule has 26 heavy (non-hydrogen) atoms. The van der Waals surface area contributed by atoms with E-state index in [1.807, 2.05) is 30.3 Å². The van der Waals surface area contributed by atoms with Crippen molar-refractivity contribution < 1.29 is 9.13 Å². The van der Waals surface area contributed by atoms with Crippen LogP contribution >= 0.6 is 0 Å². The quantitative estimate of drug-likeness (QED) is 0.631. The maximum Gasteiger partial charge on any atom is 0.146 e. The standard InChI is InChI=1S/C20H20FN4O/c1-26-12-13-5-7-19(17(21)9-13)24-16-4-2-3-14(10-16)18-8-6-15(11-22)20(23)25-18/h2,4-10,24H,11-12,22H2,1H3,(H2,23,25). The van der Waals surface area contributed by atoms with Gasteiger partial charge in [-0.25, -0.2) is 9.37 Å². The predicted molar refractivity (Wildman–Crippen MR) is 101 cm³/mol. The molecule has 0 fully saturated rings. The molecule has 0 aliphatic heterocycles. The summed E-state index contributed by atoms with van der Waals surface area (Å²) in [5.41, 5.74) is 15.6. The second kappa shape index (κ2) is 7.95. The third-order valence-corrected chi connectivity index (χ3v) is 3.93. The van der Waals surface area contributed by atoms with E-state index in [2.05, 4.69) is 16.4 Å². The third kappa shape index (κ3) is 3.99. The number of rotatable bonds is 6. The first-order valence-corrected chi connectivity index (χ1v) is 8.12. The number of nitrogens with two attached hydrogens (primary N) is 2. The van der Waals surface area contributed by atoms with Gasteiger partial charge < -0.3 is 21.5 Å². The lowest BCUT2D eigenvalue weighted by Crippen LogP contribution is -2.04. The largest absolute Gasteiger partial charge is 0.383 e. The minimum absolute atomic E-state index is 0.336. The molecule has 133 valence electrons. The molecule has 0 aliphatic rings. The summed E-state index contributed by atoms with van der Waals surface area (Å²) in [6, 6.07) is 17.2. The summed E-state index contributed by atoms with van der Waals surface area (Å²) in [4.78, 5) is 4.36. The fourth-order valence-corrected chi connectivity index (χ4v) is 2.59. The Morgan fingerprint density at radius 3 is 2.73 bits per heavy atom. The Labute approximate surface area is 151 Å². The molecule has 5 N–H and O–H groups in total. The molecule has 1 radical (unpaired) electrons. The Hall–Kier alpha value is -2.96. The topological polar surface area (TPSA) is 86.2 Å². The number of ether oxygens (including phenoxy) is 1. The SMILES string of the molecule is COCc1ccc(Nc2cc[c]c(-c3ccc(CN)c(N)n3)c2)c(F)c1. The molecule has 1 aromatic heterocycles. The summed E-state index contributed by atoms with van der Waals surface area (Å²) in [6.45, 7) is 0.705. The summed E-state index contributed by atoms with van der Waals surface area (Å²) in [5, 5.41) is 3.07. The van der Waals surface area contributed by atoms with E-state index in [-0.39, 0.29) is 5.82 Å². The van der Waals surface area contributed by atoms with Crippen molar-refractivity contribution in [3.8, 4) is 11.3 Å². The van der Waals surface area contributed by atoms with E-state index in [1.54, 1.807) is 19.2 Å². The molecule has 3 rings (SSSR count). The second-order valence-corrected chi connectivity index (χ2v) is 5.81. The van der Waals surface area contributed by atoms with Crippen LogP contribution in [0.2, 0.25) is 0 Å². The van der Waals surface area contributed by atoms with E-state index in [4.69, 9.17) is 16.2 Å². The van der Waals surface area contributed by atoms with Crippen LogP contribution < -0.4 is 16.8 Å². The monoisotopic (exact) mass is 351 g/mol. The van der Waals surface area contributed by atoms with Crippen molar-refractivity contribution in [2.24, 2.45) is 5.73 Å². The Bertz CT molecular complexity index is 914. The number of anilines is 3. The van der Waals surface area contributed by atoms with Crippen molar-refractivity contribution >= 4 is 17.2 Å². The minimum Gasteiger partial charge on any atom is -0.383 e. The molecule has 1 heterocycles. The first-order chi connectivity index (χ1) is 12.6. The van der Waals surface area contributed by atoms with E-state index in [0.717, 1.165) is 22.4 Å². The van der Waals surface area contributed by atoms with Crippen molar-refractivity contribution in [1.82, 2.24) is 4.98 Å². The first-order valence-electron chi connectivity index (χ1n) is 8.12. The number of aromatic nitrogens is 1. The van der Waals surface area contributed by atoms with E-state index in [9.17, 15) is 4.39 Å². The smallest absolute Gasteiger partial charge is 0.146 e. The second-order valence-electron chi connectivity index (χ2n) is 5.81. The van der Waals surface area contributed by atoms with E-state index in [0.29, 0.717) is 30.4 Å². The minimum atomic E-state index is -0.344. The molecule has 0 bridgehead atoms. The van der Waals surface area contributed by atoms with E-state index in [1.165, 1.54) is 6.07 Å². The van der Waals surface area contributed by atoms with Gasteiger partial charge >= 0.3 is 0 Å². The highest BCUT2D eigenvalue weighted by atomic mass is 19.1. The molecule has 3 aromatic rings. The van der Waals surface area contributed by atoms with Crippen LogP contribution in [-0.2, 0) is 17.9 Å². The van der Waals surface area contributed by atoms with Crippen molar-refractivity contribution in [3.05, 3.63) is 71.5 Å². The predicted octanol–water partition coefficient (Wildman–Crippen LogP) is 3.62. The van der Waals surface area contributed by atoms with Crippen LogP contribution in [0.4, 0.5) is 21.6 Å². The fraction of sp³-hybridized carbons (Fsp3) is 0.150. The number of nitrogen functional groups attached to an aromatic ring is 1. The van der Waals surface area contributed by atoms with Crippen molar-refractivity contribution in [3.63, 3.8) is 0 Å². The zero-order valence-electron chi connectivity index (χ0n) is 14.4. The van der Waals surface area contributed by atoms with Gasteiger partial charge in [0.2, 0.25) is 0 Å². The molecule has 0 atom stereocenters. The number of nitrogens with one attached hydrogen (secondary N) is 1. The Morgan fingerprint density at radius 1 is 1.19 bits per heavy atom. The van der Waals surface area contributed by atoms with Crippen LogP contribution in [0.5, 0.6) is 0 Å². The number of pyridine rings is 1. The van der Waals surface area contributed by atoms with Gasteiger partial charge in [0.05, 0.1) is 18.0 Å². The van der Waals surface area contributed by atoms with Crippen LogP contribution in [0.15, 0.2) is 48.5 Å². The lowest BCUT2D eigenvalue weighted by molar-refractivity contribution is 0.184. The van der Waals surface area contributed by atoms with Crippen LogP contribution in [0.1, 0.15) is 11.1 Å². The van der Waals surface area contributed by atoms with Crippen LogP contribution in [0.25, 0.3) is 11.3 Å². The molecule has 0 saturated heterocycles. The molecule has 2 aromatic carbocycles. The first kappa shape index (κ1) is 17.8. The zero-order valence-corrected chi connectivity index (χ0v) is 14.4. The van der Waals surface area contributed by atoms with Crippen molar-refractivity contribution in [1.29, 1.82) is 0 Å². The van der Waals surface area contributed by atoms with Crippen molar-refractivity contribution in [2.75, 3.05) is 18.2 Å². The number of methoxy groups -OCH3 is 1. The summed E-state index contributed by atoms with van der Waals surface area (Å²) >= 11 is 0. The Balaban J connectivity index is 1.85. The highest BCUT2D eigenvalue weighted by Crippen LogP contribution is 2.26. The van der Waals surface area contributed by atoms with Gasteiger partial charge in [-0.2, -0.15) is 0 Å². The van der Waals surface area contributed by atoms with E-state index >= 15 is 0 Å². The lowest BCUT2D eigenvalue weighted by atomic mass is 10.1. The molecule has 0 amide bonds. The number of hydrogen-bond donors (Lipinski definition) is 3. The Morgan fingerprint density at radius 2 is 2.04 bits per heavy atom. The van der Waals surface area contributed by atoms with Gasteiger partial charge in [-0.05, 0) is 42.0 Å². The van der Waals surface area contributed by atoms with Crippen molar-refractivity contribution in [2.45, 2.75) is 13.2 Å². The maximum absolute atomic E-state index is 14.3. The highest BCUT2D eigenvalue weighted by Gasteiger charge is 2.07. The molecular weight excluding hydrogens is 331 g/mol. The summed E-state index contributed by atoms with van der Waals surface area (Å²) < 4.78 is 19.3. The van der Waals surface area contributed by atoms with Crippen LogP contribution in [-0.4, -0.2) is 12.1 Å². The van der Waals surface area contributed by atoms with Gasteiger partial charge in [0.15, 0.2) is 0 Å². The molecule has 0 aliphatic carbocycles. The molecule has 0 saturated carbocycles. The Kier molecular flexibility index (Phi) is 5.46. The molecule has 6 heteroatoms. The van der Waals surface area contributed by atoms with Gasteiger partial charge in [0.1, 0.15) is 11.6 Å². The van der Waals surface area contributed by atoms with Crippen LogP contribution in [0, 0.1) is 11.9 Å². The number of benzene rings is 2. The fourth-order valence-electron chi connectivity index (χ4n) is 2.59. The number of hydrogen-bond acceptors (Lipinski definition) is 5. The normalized spacial score (nSPS) is 10.7. The molecule has 5 nitrogen and oxygen atoms in total. The highest BCUT2D eigenvalue weighted by molar-refractivity contribution is 5.69. The maximum atomic E-state index is 14.3. The van der Waals surface area contributed by atoms with E-state index < -0.39 is 0 Å². The summed E-state index contributed by atoms with van der Waals surface area (Å²) in [7, 11) is 1.58. The number of halogens is 1. The third-order valence-electron chi connectivity index (χ3n) is 3.93.